The maximum absolute atomic E-state index is 12.1. The van der Waals surface area contributed by atoms with E-state index in [4.69, 9.17) is 5.11 Å². The molecule has 0 bridgehead atoms. The van der Waals surface area contributed by atoms with Gasteiger partial charge in [-0.05, 0) is 19.8 Å². The number of rotatable bonds is 4. The van der Waals surface area contributed by atoms with E-state index in [1.165, 1.54) is 6.92 Å². The van der Waals surface area contributed by atoms with Gasteiger partial charge in [-0.25, -0.2) is 13.6 Å². The van der Waals surface area contributed by atoms with Crippen LogP contribution in [0.2, 0.25) is 0 Å². The van der Waals surface area contributed by atoms with Gasteiger partial charge in [0.2, 0.25) is 0 Å². The largest absolute Gasteiger partial charge is 0.465 e. The Morgan fingerprint density at radius 1 is 1.43 bits per heavy atom. The van der Waals surface area contributed by atoms with E-state index >= 15 is 0 Å². The van der Waals surface area contributed by atoms with Gasteiger partial charge in [0.25, 0.3) is 6.43 Å². The summed E-state index contributed by atoms with van der Waals surface area (Å²) in [5.74, 6) is 0. The van der Waals surface area contributed by atoms with Crippen molar-refractivity contribution < 1.29 is 18.7 Å². The minimum Gasteiger partial charge on any atom is -0.465 e. The van der Waals surface area contributed by atoms with Crippen molar-refractivity contribution in [1.82, 2.24) is 10.6 Å². The number of carboxylic acid groups (broad SMARTS) is 1. The monoisotopic (exact) mass is 208 g/mol. The van der Waals surface area contributed by atoms with Crippen LogP contribution in [0.5, 0.6) is 0 Å². The molecule has 0 radical (unpaired) electrons. The van der Waals surface area contributed by atoms with E-state index in [2.05, 4.69) is 10.6 Å². The minimum atomic E-state index is -2.37. The van der Waals surface area contributed by atoms with Gasteiger partial charge in [-0.15, -0.1) is 0 Å². The number of nitrogens with one attached hydrogen (secondary N) is 2. The SMILES string of the molecule is CC(NC1CC(NC(=O)O)C1)C(F)F. The van der Waals surface area contributed by atoms with Gasteiger partial charge in [-0.2, -0.15) is 0 Å². The molecule has 1 rings (SSSR count). The third-order valence-corrected chi connectivity index (χ3v) is 2.34. The zero-order valence-electron chi connectivity index (χ0n) is 7.84. The molecule has 1 amide bonds. The number of hydrogen-bond acceptors (Lipinski definition) is 2. The molecule has 3 N–H and O–H groups in total. The fraction of sp³-hybridized carbons (Fsp3) is 0.875. The summed E-state index contributed by atoms with van der Waals surface area (Å²) in [5.41, 5.74) is 0. The Hall–Kier alpha value is -0.910. The molecule has 6 heteroatoms. The van der Waals surface area contributed by atoms with E-state index in [1.807, 2.05) is 0 Å². The molecule has 82 valence electrons. The molecule has 0 aromatic heterocycles. The zero-order valence-corrected chi connectivity index (χ0v) is 7.84. The lowest BCUT2D eigenvalue weighted by Gasteiger charge is -2.37. The Kier molecular flexibility index (Phi) is 3.62. The maximum atomic E-state index is 12.1. The van der Waals surface area contributed by atoms with Crippen LogP contribution in [0.15, 0.2) is 0 Å². The Balaban J connectivity index is 2.12. The Morgan fingerprint density at radius 3 is 2.43 bits per heavy atom. The topological polar surface area (TPSA) is 61.4 Å². The number of amides is 1. The number of alkyl halides is 2. The smallest absolute Gasteiger partial charge is 0.404 e. The van der Waals surface area contributed by atoms with Crippen molar-refractivity contribution in [2.24, 2.45) is 0 Å². The van der Waals surface area contributed by atoms with Crippen LogP contribution in [0.1, 0.15) is 19.8 Å². The summed E-state index contributed by atoms with van der Waals surface area (Å²) >= 11 is 0. The van der Waals surface area contributed by atoms with Crippen LogP contribution >= 0.6 is 0 Å². The molecule has 1 aliphatic carbocycles. The number of hydrogen-bond donors (Lipinski definition) is 3. The highest BCUT2D eigenvalue weighted by molar-refractivity contribution is 5.65. The fourth-order valence-corrected chi connectivity index (χ4v) is 1.49. The van der Waals surface area contributed by atoms with Crippen LogP contribution in [0, 0.1) is 0 Å². The van der Waals surface area contributed by atoms with Crippen molar-refractivity contribution in [2.45, 2.75) is 44.3 Å². The van der Waals surface area contributed by atoms with E-state index in [1.54, 1.807) is 0 Å². The third kappa shape index (κ3) is 3.10. The molecule has 0 aromatic rings. The molecule has 1 atom stereocenters. The van der Waals surface area contributed by atoms with Gasteiger partial charge in [-0.1, -0.05) is 0 Å². The highest BCUT2D eigenvalue weighted by atomic mass is 19.3. The first-order valence-corrected chi connectivity index (χ1v) is 4.52. The average molecular weight is 208 g/mol. The summed E-state index contributed by atoms with van der Waals surface area (Å²) in [6.07, 6.45) is -2.26. The molecule has 0 aromatic carbocycles. The van der Waals surface area contributed by atoms with Gasteiger partial charge in [0.1, 0.15) is 0 Å². The average Bonchev–Trinajstić information content (AvgIpc) is 1.99. The first kappa shape index (κ1) is 11.2. The lowest BCUT2D eigenvalue weighted by Crippen LogP contribution is -2.55. The molecule has 1 saturated carbocycles. The van der Waals surface area contributed by atoms with Crippen LogP contribution in [-0.2, 0) is 0 Å². The van der Waals surface area contributed by atoms with E-state index < -0.39 is 18.6 Å². The summed E-state index contributed by atoms with van der Waals surface area (Å²) in [4.78, 5) is 10.2. The van der Waals surface area contributed by atoms with E-state index in [-0.39, 0.29) is 12.1 Å². The number of carbonyl (C=O) groups is 1. The summed E-state index contributed by atoms with van der Waals surface area (Å²) in [5, 5.41) is 13.4. The molecule has 4 nitrogen and oxygen atoms in total. The second-order valence-electron chi connectivity index (χ2n) is 3.60. The molecule has 1 fully saturated rings. The lowest BCUT2D eigenvalue weighted by atomic mass is 9.86. The summed E-state index contributed by atoms with van der Waals surface area (Å²) in [6.45, 7) is 1.42. The third-order valence-electron chi connectivity index (χ3n) is 2.34. The first-order valence-electron chi connectivity index (χ1n) is 4.52. The molecular formula is C8H14F2N2O2. The van der Waals surface area contributed by atoms with Gasteiger partial charge < -0.3 is 15.7 Å². The van der Waals surface area contributed by atoms with Crippen LogP contribution in [0.25, 0.3) is 0 Å². The summed E-state index contributed by atoms with van der Waals surface area (Å²) in [7, 11) is 0. The van der Waals surface area contributed by atoms with Gasteiger partial charge in [0, 0.05) is 12.1 Å². The predicted octanol–water partition coefficient (Wildman–Crippen LogP) is 1.03. The standard InChI is InChI=1S/C8H14F2N2O2/c1-4(7(9)10)11-5-2-6(3-5)12-8(13)14/h4-7,11-12H,2-3H2,1H3,(H,13,14). The molecule has 0 saturated heterocycles. The minimum absolute atomic E-state index is 0.0100. The van der Waals surface area contributed by atoms with Crippen molar-refractivity contribution >= 4 is 6.09 Å². The molecule has 1 unspecified atom stereocenters. The molecular weight excluding hydrogens is 194 g/mol. The molecule has 0 heterocycles. The Morgan fingerprint density at radius 2 is 2.00 bits per heavy atom. The van der Waals surface area contributed by atoms with Crippen LogP contribution in [0.3, 0.4) is 0 Å². The molecule has 1 aliphatic rings. The predicted molar refractivity (Wildman–Crippen MR) is 46.6 cm³/mol. The first-order chi connectivity index (χ1) is 6.49. The highest BCUT2D eigenvalue weighted by Crippen LogP contribution is 2.21. The van der Waals surface area contributed by atoms with Crippen molar-refractivity contribution in [2.75, 3.05) is 0 Å². The van der Waals surface area contributed by atoms with Gasteiger partial charge in [-0.3, -0.25) is 0 Å². The van der Waals surface area contributed by atoms with E-state index in [9.17, 15) is 13.6 Å². The molecule has 14 heavy (non-hydrogen) atoms. The van der Waals surface area contributed by atoms with Crippen molar-refractivity contribution in [1.29, 1.82) is 0 Å². The number of halogens is 2. The summed E-state index contributed by atoms with van der Waals surface area (Å²) in [6, 6.07) is -0.906. The molecule has 0 spiro atoms. The quantitative estimate of drug-likeness (QED) is 0.646. The Labute approximate surface area is 80.7 Å². The van der Waals surface area contributed by atoms with E-state index in [0.29, 0.717) is 12.8 Å². The fourth-order valence-electron chi connectivity index (χ4n) is 1.49. The van der Waals surface area contributed by atoms with Crippen molar-refractivity contribution in [3.05, 3.63) is 0 Å². The van der Waals surface area contributed by atoms with Crippen LogP contribution < -0.4 is 10.6 Å². The van der Waals surface area contributed by atoms with Crippen molar-refractivity contribution in [3.8, 4) is 0 Å². The van der Waals surface area contributed by atoms with Gasteiger partial charge >= 0.3 is 6.09 Å². The highest BCUT2D eigenvalue weighted by Gasteiger charge is 2.32. The molecule has 0 aliphatic heterocycles. The van der Waals surface area contributed by atoms with Crippen LogP contribution in [-0.4, -0.2) is 35.8 Å². The van der Waals surface area contributed by atoms with Crippen LogP contribution in [0.4, 0.5) is 13.6 Å². The Bertz CT molecular complexity index is 208. The van der Waals surface area contributed by atoms with Gasteiger partial charge in [0.05, 0.1) is 6.04 Å². The summed E-state index contributed by atoms with van der Waals surface area (Å²) < 4.78 is 24.2. The lowest BCUT2D eigenvalue weighted by molar-refractivity contribution is 0.0864. The second kappa shape index (κ2) is 4.54. The normalized spacial score (nSPS) is 28.3. The zero-order chi connectivity index (χ0) is 10.7. The van der Waals surface area contributed by atoms with E-state index in [0.717, 1.165) is 0 Å². The second-order valence-corrected chi connectivity index (χ2v) is 3.60. The van der Waals surface area contributed by atoms with Gasteiger partial charge in [0.15, 0.2) is 0 Å². The van der Waals surface area contributed by atoms with Crippen molar-refractivity contribution in [3.63, 3.8) is 0 Å². The maximum Gasteiger partial charge on any atom is 0.404 e.